The highest BCUT2D eigenvalue weighted by molar-refractivity contribution is 4.87. The topological polar surface area (TPSA) is 49.6 Å². The van der Waals surface area contributed by atoms with Gasteiger partial charge >= 0.3 is 0 Å². The second-order valence-electron chi connectivity index (χ2n) is 5.87. The van der Waals surface area contributed by atoms with Gasteiger partial charge < -0.3 is 0 Å². The summed E-state index contributed by atoms with van der Waals surface area (Å²) in [7, 11) is 0. The van der Waals surface area contributed by atoms with Crippen LogP contribution >= 0.6 is 0 Å². The minimum absolute atomic E-state index is 0.0430. The Kier molecular flexibility index (Phi) is 4.56. The Morgan fingerprint density at radius 1 is 1.11 bits per heavy atom. The average Bonchev–Trinajstić information content (AvgIpc) is 2.39. The van der Waals surface area contributed by atoms with E-state index in [2.05, 4.69) is 23.6 Å². The minimum Gasteiger partial charge on any atom is -0.298 e. The molecule has 0 spiro atoms. The Morgan fingerprint density at radius 2 is 1.72 bits per heavy atom. The smallest absolute Gasteiger partial charge is 0.228 e. The van der Waals surface area contributed by atoms with E-state index in [1.165, 1.54) is 0 Å². The fraction of sp³-hybridized carbons (Fsp3) is 1.00. The lowest BCUT2D eigenvalue weighted by atomic mass is 9.89. The molecule has 2 fully saturated rings. The second-order valence-corrected chi connectivity index (χ2v) is 5.87. The van der Waals surface area contributed by atoms with E-state index in [1.807, 2.05) is 0 Å². The molecule has 5 nitrogen and oxygen atoms in total. The van der Waals surface area contributed by atoms with E-state index in [0.717, 1.165) is 51.9 Å². The molecule has 0 bridgehead atoms. The lowest BCUT2D eigenvalue weighted by Gasteiger charge is -2.42. The first kappa shape index (κ1) is 13.7. The van der Waals surface area contributed by atoms with Crippen LogP contribution in [0.4, 0.5) is 0 Å². The highest BCUT2D eigenvalue weighted by Gasteiger charge is 2.38. The molecule has 104 valence electrons. The maximum atomic E-state index is 11.1. The van der Waals surface area contributed by atoms with Gasteiger partial charge in [0.2, 0.25) is 6.04 Å². The molecule has 18 heavy (non-hydrogen) atoms. The monoisotopic (exact) mass is 255 g/mol. The summed E-state index contributed by atoms with van der Waals surface area (Å²) in [6.45, 7) is 8.53. The third-order valence-corrected chi connectivity index (χ3v) is 4.51. The zero-order chi connectivity index (χ0) is 13.1. The van der Waals surface area contributed by atoms with Crippen molar-refractivity contribution in [2.75, 3.05) is 26.2 Å². The molecule has 0 aromatic rings. The van der Waals surface area contributed by atoms with Gasteiger partial charge in [-0.3, -0.25) is 19.9 Å². The summed E-state index contributed by atoms with van der Waals surface area (Å²) in [5.74, 6) is 0. The van der Waals surface area contributed by atoms with Gasteiger partial charge in [0, 0.05) is 43.6 Å². The predicted octanol–water partition coefficient (Wildman–Crippen LogP) is 1.60. The van der Waals surface area contributed by atoms with Gasteiger partial charge in [-0.1, -0.05) is 6.42 Å². The van der Waals surface area contributed by atoms with Crippen molar-refractivity contribution in [1.29, 1.82) is 0 Å². The second kappa shape index (κ2) is 5.97. The van der Waals surface area contributed by atoms with E-state index in [0.29, 0.717) is 6.04 Å². The summed E-state index contributed by atoms with van der Waals surface area (Å²) in [5, 5.41) is 11.1. The van der Waals surface area contributed by atoms with Gasteiger partial charge in [0.15, 0.2) is 0 Å². The molecule has 1 unspecified atom stereocenters. The van der Waals surface area contributed by atoms with Gasteiger partial charge in [-0.15, -0.1) is 0 Å². The summed E-state index contributed by atoms with van der Waals surface area (Å²) in [5.41, 5.74) is 0. The van der Waals surface area contributed by atoms with Crippen molar-refractivity contribution in [2.24, 2.45) is 0 Å². The van der Waals surface area contributed by atoms with Crippen LogP contribution in [0.3, 0.4) is 0 Å². The van der Waals surface area contributed by atoms with Gasteiger partial charge in [0.1, 0.15) is 0 Å². The largest absolute Gasteiger partial charge is 0.298 e. The fourth-order valence-corrected chi connectivity index (χ4v) is 3.35. The highest BCUT2D eigenvalue weighted by Crippen LogP contribution is 2.26. The molecule has 1 heterocycles. The Hall–Kier alpha value is -0.680. The van der Waals surface area contributed by atoms with E-state index in [9.17, 15) is 10.1 Å². The summed E-state index contributed by atoms with van der Waals surface area (Å²) in [6, 6.07) is 0.442. The molecule has 2 rings (SSSR count). The molecule has 0 aromatic carbocycles. The lowest BCUT2D eigenvalue weighted by molar-refractivity contribution is -0.534. The average molecular weight is 255 g/mol. The van der Waals surface area contributed by atoms with Crippen molar-refractivity contribution >= 4 is 0 Å². The van der Waals surface area contributed by atoms with Crippen molar-refractivity contribution in [3.8, 4) is 0 Å². The molecule has 0 radical (unpaired) electrons. The zero-order valence-electron chi connectivity index (χ0n) is 11.5. The summed E-state index contributed by atoms with van der Waals surface area (Å²) < 4.78 is 0. The van der Waals surface area contributed by atoms with Crippen molar-refractivity contribution in [3.05, 3.63) is 10.1 Å². The Morgan fingerprint density at radius 3 is 2.28 bits per heavy atom. The normalized spacial score (nSPS) is 31.7. The first-order valence-electron chi connectivity index (χ1n) is 7.21. The Bertz CT molecular complexity index is 288. The molecule has 2 atom stereocenters. The number of hydrogen-bond acceptors (Lipinski definition) is 4. The number of rotatable bonds is 3. The van der Waals surface area contributed by atoms with E-state index in [-0.39, 0.29) is 17.0 Å². The van der Waals surface area contributed by atoms with Crippen LogP contribution in [0.15, 0.2) is 0 Å². The van der Waals surface area contributed by atoms with Crippen LogP contribution in [-0.2, 0) is 0 Å². The highest BCUT2D eigenvalue weighted by atomic mass is 16.6. The third-order valence-electron chi connectivity index (χ3n) is 4.51. The quantitative estimate of drug-likeness (QED) is 0.568. The summed E-state index contributed by atoms with van der Waals surface area (Å²) in [4.78, 5) is 15.9. The van der Waals surface area contributed by atoms with Crippen LogP contribution in [0.25, 0.3) is 0 Å². The van der Waals surface area contributed by atoms with Crippen LogP contribution < -0.4 is 0 Å². The van der Waals surface area contributed by atoms with Crippen molar-refractivity contribution in [1.82, 2.24) is 9.80 Å². The van der Waals surface area contributed by atoms with Crippen LogP contribution in [0.5, 0.6) is 0 Å². The summed E-state index contributed by atoms with van der Waals surface area (Å²) >= 11 is 0. The maximum Gasteiger partial charge on any atom is 0.228 e. The number of nitrogens with zero attached hydrogens (tertiary/aromatic N) is 3. The minimum atomic E-state index is -0.329. The van der Waals surface area contributed by atoms with Gasteiger partial charge in [0.05, 0.1) is 6.04 Å². The molecular formula is C13H25N3O2. The van der Waals surface area contributed by atoms with Crippen LogP contribution in [-0.4, -0.2) is 59.0 Å². The first-order chi connectivity index (χ1) is 8.59. The molecular weight excluding hydrogens is 230 g/mol. The first-order valence-corrected chi connectivity index (χ1v) is 7.21. The standard InChI is InChI=1S/C13H25N3O2/c1-11(2)14-7-9-15(10-8-14)12-5-3-4-6-13(12)16(17)18/h11-13H,3-10H2,1-2H3/t12?,13-/m0/s1. The van der Waals surface area contributed by atoms with Crippen LogP contribution in [0.2, 0.25) is 0 Å². The zero-order valence-corrected chi connectivity index (χ0v) is 11.5. The lowest BCUT2D eigenvalue weighted by Crippen LogP contribution is -2.56. The van der Waals surface area contributed by atoms with E-state index < -0.39 is 0 Å². The van der Waals surface area contributed by atoms with E-state index in [4.69, 9.17) is 0 Å². The molecule has 1 saturated carbocycles. The molecule has 0 amide bonds. The van der Waals surface area contributed by atoms with Crippen LogP contribution in [0.1, 0.15) is 39.5 Å². The number of nitro groups is 1. The van der Waals surface area contributed by atoms with Crippen molar-refractivity contribution in [2.45, 2.75) is 57.7 Å². The Labute approximate surface area is 109 Å². The van der Waals surface area contributed by atoms with Crippen molar-refractivity contribution < 1.29 is 4.92 Å². The molecule has 1 aliphatic heterocycles. The molecule has 2 aliphatic rings. The van der Waals surface area contributed by atoms with Gasteiger partial charge in [-0.2, -0.15) is 0 Å². The molecule has 0 aromatic heterocycles. The summed E-state index contributed by atoms with van der Waals surface area (Å²) in [6.07, 6.45) is 3.95. The van der Waals surface area contributed by atoms with Gasteiger partial charge in [-0.25, -0.2) is 0 Å². The maximum absolute atomic E-state index is 11.1. The van der Waals surface area contributed by atoms with Crippen molar-refractivity contribution in [3.63, 3.8) is 0 Å². The predicted molar refractivity (Wildman–Crippen MR) is 71.3 cm³/mol. The Balaban J connectivity index is 1.93. The van der Waals surface area contributed by atoms with Gasteiger partial charge in [-0.05, 0) is 26.7 Å². The van der Waals surface area contributed by atoms with E-state index >= 15 is 0 Å². The molecule has 5 heteroatoms. The van der Waals surface area contributed by atoms with Crippen LogP contribution in [0, 0.1) is 10.1 Å². The van der Waals surface area contributed by atoms with Gasteiger partial charge in [0.25, 0.3) is 0 Å². The third kappa shape index (κ3) is 3.01. The molecule has 0 N–H and O–H groups in total. The SMILES string of the molecule is CC(C)N1CCN(C2CCCC[C@@H]2[N+](=O)[O-])CC1. The molecule has 1 aliphatic carbocycles. The van der Waals surface area contributed by atoms with E-state index in [1.54, 1.807) is 0 Å². The number of hydrogen-bond donors (Lipinski definition) is 0. The number of piperazine rings is 1. The fourth-order valence-electron chi connectivity index (χ4n) is 3.35. The molecule has 1 saturated heterocycles.